The molecule has 0 saturated carbocycles. The Bertz CT molecular complexity index is 1560. The molecule has 2 aliphatic heterocycles. The van der Waals surface area contributed by atoms with Crippen LogP contribution in [0.1, 0.15) is 12.0 Å². The molecule has 6 rings (SSSR count). The van der Waals surface area contributed by atoms with Crippen LogP contribution >= 0.6 is 11.6 Å². The number of benzene rings is 2. The van der Waals surface area contributed by atoms with Crippen molar-refractivity contribution >= 4 is 28.7 Å². The number of imidazole rings is 1. The molecule has 0 spiro atoms. The Kier molecular flexibility index (Phi) is 9.70. The van der Waals surface area contributed by atoms with E-state index in [1.54, 1.807) is 6.07 Å². The zero-order valence-electron chi connectivity index (χ0n) is 24.2. The highest BCUT2D eigenvalue weighted by atomic mass is 35.5. The predicted molar refractivity (Wildman–Crippen MR) is 164 cm³/mol. The summed E-state index contributed by atoms with van der Waals surface area (Å²) in [5, 5.41) is 19.8. The molecule has 0 amide bonds. The number of aromatic nitrogens is 3. The van der Waals surface area contributed by atoms with Crippen LogP contribution in [0.2, 0.25) is 5.02 Å². The highest BCUT2D eigenvalue weighted by molar-refractivity contribution is 6.33. The molecule has 12 heteroatoms. The molecule has 0 radical (unpaired) electrons. The first kappa shape index (κ1) is 30.4. The number of fused-ring (bicyclic) bond motifs is 1. The lowest BCUT2D eigenvalue weighted by atomic mass is 10.0. The summed E-state index contributed by atoms with van der Waals surface area (Å²) in [6, 6.07) is 17.8. The number of halogens is 1. The van der Waals surface area contributed by atoms with E-state index in [1.807, 2.05) is 48.5 Å². The van der Waals surface area contributed by atoms with Crippen molar-refractivity contribution in [3.05, 3.63) is 65.2 Å². The van der Waals surface area contributed by atoms with Crippen LogP contribution in [0.15, 0.2) is 54.6 Å². The highest BCUT2D eigenvalue weighted by Gasteiger charge is 2.31. The number of rotatable bonds is 10. The van der Waals surface area contributed by atoms with Gasteiger partial charge in [-0.2, -0.15) is 4.98 Å². The van der Waals surface area contributed by atoms with Gasteiger partial charge in [0.15, 0.2) is 5.65 Å². The zero-order valence-corrected chi connectivity index (χ0v) is 24.9. The lowest BCUT2D eigenvalue weighted by Crippen LogP contribution is -2.45. The second-order valence-electron chi connectivity index (χ2n) is 11.0. The number of esters is 1. The number of aliphatic hydroxyl groups excluding tert-OH is 2. The highest BCUT2D eigenvalue weighted by Crippen LogP contribution is 2.31. The molecule has 0 unspecified atom stereocenters. The quantitative estimate of drug-likeness (QED) is 0.226. The first-order valence-corrected chi connectivity index (χ1v) is 15.1. The summed E-state index contributed by atoms with van der Waals surface area (Å²) in [6.45, 7) is 4.30. The van der Waals surface area contributed by atoms with Gasteiger partial charge in [0.2, 0.25) is 0 Å². The van der Waals surface area contributed by atoms with E-state index in [0.29, 0.717) is 34.9 Å². The van der Waals surface area contributed by atoms with Crippen molar-refractivity contribution < 1.29 is 34.0 Å². The average molecular weight is 623 g/mol. The van der Waals surface area contributed by atoms with E-state index in [1.165, 1.54) is 0 Å². The van der Waals surface area contributed by atoms with E-state index in [2.05, 4.69) is 19.9 Å². The third kappa shape index (κ3) is 7.37. The van der Waals surface area contributed by atoms with Crippen molar-refractivity contribution in [1.29, 1.82) is 0 Å². The van der Waals surface area contributed by atoms with Gasteiger partial charge in [-0.25, -0.2) is 4.98 Å². The fourth-order valence-electron chi connectivity index (χ4n) is 5.37. The molecule has 2 fully saturated rings. The van der Waals surface area contributed by atoms with Gasteiger partial charge in [0.25, 0.3) is 6.01 Å². The third-order valence-electron chi connectivity index (χ3n) is 7.86. The molecule has 4 aromatic rings. The Morgan fingerprint density at radius 2 is 1.75 bits per heavy atom. The largest absolute Gasteiger partial charge is 0.464 e. The number of carbonyl (C=O) groups is 1. The van der Waals surface area contributed by atoms with E-state index in [9.17, 15) is 15.0 Å². The van der Waals surface area contributed by atoms with Crippen LogP contribution in [-0.4, -0.2) is 107 Å². The minimum Gasteiger partial charge on any atom is -0.464 e. The Labute approximate surface area is 259 Å². The summed E-state index contributed by atoms with van der Waals surface area (Å²) < 4.78 is 22.1. The molecule has 11 nitrogen and oxygen atoms in total. The molecule has 2 aromatic heterocycles. The second-order valence-corrected chi connectivity index (χ2v) is 11.4. The van der Waals surface area contributed by atoms with Crippen LogP contribution in [0.5, 0.6) is 6.01 Å². The van der Waals surface area contributed by atoms with Gasteiger partial charge < -0.3 is 34.1 Å². The van der Waals surface area contributed by atoms with Crippen molar-refractivity contribution in [2.24, 2.45) is 0 Å². The molecule has 232 valence electrons. The number of hydrogen-bond acceptors (Lipinski definition) is 10. The number of nitrogens with one attached hydrogen (secondary N) is 1. The van der Waals surface area contributed by atoms with E-state index < -0.39 is 18.3 Å². The number of ether oxygens (including phenoxy) is 4. The second kappa shape index (κ2) is 14.0. The number of nitrogens with zero attached hydrogens (tertiary/aromatic N) is 3. The van der Waals surface area contributed by atoms with E-state index >= 15 is 0 Å². The van der Waals surface area contributed by atoms with Crippen LogP contribution in [-0.2, 0) is 25.4 Å². The predicted octanol–water partition coefficient (Wildman–Crippen LogP) is 3.25. The first-order chi connectivity index (χ1) is 21.4. The number of pyridine rings is 1. The maximum absolute atomic E-state index is 12.3. The minimum atomic E-state index is -0.817. The smallest absolute Gasteiger partial charge is 0.310 e. The fourth-order valence-corrected chi connectivity index (χ4v) is 5.63. The number of carbonyl (C=O) groups excluding carboxylic acids is 1. The lowest BCUT2D eigenvalue weighted by molar-refractivity contribution is -0.143. The van der Waals surface area contributed by atoms with Gasteiger partial charge in [0, 0.05) is 31.6 Å². The van der Waals surface area contributed by atoms with Crippen LogP contribution in [0.25, 0.3) is 33.5 Å². The van der Waals surface area contributed by atoms with Gasteiger partial charge in [-0.05, 0) is 22.8 Å². The Morgan fingerprint density at radius 1 is 1.05 bits per heavy atom. The van der Waals surface area contributed by atoms with Crippen LogP contribution in [0.3, 0.4) is 0 Å². The molecular formula is C32H35ClN4O7. The maximum atomic E-state index is 12.3. The normalized spacial score (nSPS) is 20.9. The van der Waals surface area contributed by atoms with Crippen molar-refractivity contribution in [1.82, 2.24) is 19.9 Å². The van der Waals surface area contributed by atoms with Crippen LogP contribution < -0.4 is 4.74 Å². The molecule has 0 aliphatic carbocycles. The summed E-state index contributed by atoms with van der Waals surface area (Å²) in [5.74, 6) is -0.231. The zero-order chi connectivity index (χ0) is 30.5. The Balaban J connectivity index is 1.06. The molecular weight excluding hydrogens is 588 g/mol. The van der Waals surface area contributed by atoms with Crippen molar-refractivity contribution in [3.63, 3.8) is 0 Å². The summed E-state index contributed by atoms with van der Waals surface area (Å²) in [4.78, 5) is 26.7. The standard InChI is InChI=1S/C32H35ClN4O7/c33-25-17-26-31(36-32(34-26)44-24-16-27(39)28(18-38)43-19-24)35-30(25)23-7-5-22(6-8-23)21-3-1-20(2-4-21)15-29(40)42-14-11-37-9-12-41-13-10-37/h1-8,17,24,27-28,38-39H,9-16,18-19H2,(H,34,35,36)/t24-,27+,28-/m1/s1. The van der Waals surface area contributed by atoms with Gasteiger partial charge in [-0.15, -0.1) is 0 Å². The number of H-pyrrole nitrogens is 1. The van der Waals surface area contributed by atoms with Crippen molar-refractivity contribution in [2.75, 3.05) is 52.7 Å². The monoisotopic (exact) mass is 622 g/mol. The number of morpholine rings is 1. The number of aliphatic hydroxyl groups is 2. The van der Waals surface area contributed by atoms with E-state index in [0.717, 1.165) is 55.1 Å². The van der Waals surface area contributed by atoms with Gasteiger partial charge in [-0.3, -0.25) is 9.69 Å². The van der Waals surface area contributed by atoms with Gasteiger partial charge in [-0.1, -0.05) is 60.1 Å². The van der Waals surface area contributed by atoms with Crippen molar-refractivity contribution in [3.8, 4) is 28.4 Å². The van der Waals surface area contributed by atoms with Crippen LogP contribution in [0, 0.1) is 0 Å². The van der Waals surface area contributed by atoms with Crippen LogP contribution in [0.4, 0.5) is 0 Å². The maximum Gasteiger partial charge on any atom is 0.310 e. The third-order valence-corrected chi connectivity index (χ3v) is 8.15. The fraction of sp³-hybridized carbons (Fsp3) is 0.406. The van der Waals surface area contributed by atoms with E-state index in [4.69, 9.17) is 30.5 Å². The Hall–Kier alpha value is -3.58. The van der Waals surface area contributed by atoms with Gasteiger partial charge in [0.1, 0.15) is 18.8 Å². The topological polar surface area (TPSA) is 139 Å². The molecule has 4 heterocycles. The molecule has 2 aromatic carbocycles. The van der Waals surface area contributed by atoms with E-state index in [-0.39, 0.29) is 31.6 Å². The summed E-state index contributed by atoms with van der Waals surface area (Å²) in [6.07, 6.45) is -1.28. The number of hydrogen-bond donors (Lipinski definition) is 3. The molecule has 3 N–H and O–H groups in total. The van der Waals surface area contributed by atoms with Gasteiger partial charge >= 0.3 is 5.97 Å². The van der Waals surface area contributed by atoms with Crippen molar-refractivity contribution in [2.45, 2.75) is 31.2 Å². The molecule has 0 bridgehead atoms. The first-order valence-electron chi connectivity index (χ1n) is 14.7. The Morgan fingerprint density at radius 3 is 2.45 bits per heavy atom. The summed E-state index contributed by atoms with van der Waals surface area (Å²) >= 11 is 6.60. The van der Waals surface area contributed by atoms with Gasteiger partial charge in [0.05, 0.1) is 55.2 Å². The summed E-state index contributed by atoms with van der Waals surface area (Å²) in [5.41, 5.74) is 5.43. The summed E-state index contributed by atoms with van der Waals surface area (Å²) in [7, 11) is 0. The minimum absolute atomic E-state index is 0.231. The molecule has 2 saturated heterocycles. The number of aromatic amines is 1. The SMILES string of the molecule is O=C(Cc1ccc(-c2ccc(-c3nc4nc(O[C@H]5CO[C@H](CO)[C@@H](O)C5)[nH]c4cc3Cl)cc2)cc1)OCCN1CCOCC1. The molecule has 44 heavy (non-hydrogen) atoms. The lowest BCUT2D eigenvalue weighted by Gasteiger charge is -2.31. The molecule has 2 aliphatic rings. The molecule has 3 atom stereocenters. The average Bonchev–Trinajstić information content (AvgIpc) is 3.42.